The summed E-state index contributed by atoms with van der Waals surface area (Å²) in [5.41, 5.74) is 6.39. The minimum Gasteiger partial charge on any atom is -0.361 e. The topological polar surface area (TPSA) is 90.8 Å². The molecule has 0 aliphatic carbocycles. The standard InChI is InChI=1S/C20H28N6O2/c1-7-25-15(5)17(14(4)23-25)8-9-21-20(27)19-18(16(6)28-24-19)11-26-13(3)10-12(2)22-26/h10H,7-9,11H2,1-6H3,(H,21,27). The first-order valence-electron chi connectivity index (χ1n) is 9.59. The number of nitrogens with zero attached hydrogens (tertiary/aromatic N) is 5. The molecule has 3 rings (SSSR count). The normalized spacial score (nSPS) is 11.2. The van der Waals surface area contributed by atoms with E-state index in [1.807, 2.05) is 43.1 Å². The van der Waals surface area contributed by atoms with Crippen molar-refractivity contribution in [1.82, 2.24) is 30.0 Å². The molecule has 8 nitrogen and oxygen atoms in total. The Balaban J connectivity index is 1.69. The summed E-state index contributed by atoms with van der Waals surface area (Å²) >= 11 is 0. The van der Waals surface area contributed by atoms with Crippen molar-refractivity contribution in [3.05, 3.63) is 51.4 Å². The average molecular weight is 384 g/mol. The van der Waals surface area contributed by atoms with Crippen LogP contribution in [-0.4, -0.2) is 37.2 Å². The molecule has 3 aromatic heterocycles. The van der Waals surface area contributed by atoms with E-state index in [0.29, 0.717) is 24.5 Å². The van der Waals surface area contributed by atoms with Gasteiger partial charge in [0.25, 0.3) is 5.91 Å². The van der Waals surface area contributed by atoms with Crippen molar-refractivity contribution >= 4 is 5.91 Å². The van der Waals surface area contributed by atoms with Gasteiger partial charge in [-0.05, 0) is 59.6 Å². The summed E-state index contributed by atoms with van der Waals surface area (Å²) in [4.78, 5) is 12.7. The molecular weight excluding hydrogens is 356 g/mol. The summed E-state index contributed by atoms with van der Waals surface area (Å²) < 4.78 is 9.14. The second-order valence-electron chi connectivity index (χ2n) is 7.12. The predicted molar refractivity (Wildman–Crippen MR) is 105 cm³/mol. The van der Waals surface area contributed by atoms with Gasteiger partial charge < -0.3 is 9.84 Å². The fourth-order valence-electron chi connectivity index (χ4n) is 3.53. The molecular formula is C20H28N6O2. The van der Waals surface area contributed by atoms with E-state index in [-0.39, 0.29) is 5.91 Å². The molecule has 1 amide bonds. The van der Waals surface area contributed by atoms with E-state index >= 15 is 0 Å². The van der Waals surface area contributed by atoms with Gasteiger partial charge in [0, 0.05) is 30.0 Å². The SMILES string of the molecule is CCn1nc(C)c(CCNC(=O)c2noc(C)c2Cn2nc(C)cc2C)c1C. The van der Waals surface area contributed by atoms with E-state index < -0.39 is 0 Å². The van der Waals surface area contributed by atoms with Crippen molar-refractivity contribution < 1.29 is 9.32 Å². The molecule has 3 aromatic rings. The van der Waals surface area contributed by atoms with Crippen molar-refractivity contribution in [3.63, 3.8) is 0 Å². The van der Waals surface area contributed by atoms with E-state index in [1.165, 1.54) is 5.56 Å². The quantitative estimate of drug-likeness (QED) is 0.676. The molecule has 0 saturated heterocycles. The monoisotopic (exact) mass is 384 g/mol. The number of hydrogen-bond acceptors (Lipinski definition) is 5. The molecule has 150 valence electrons. The highest BCUT2D eigenvalue weighted by molar-refractivity contribution is 5.93. The highest BCUT2D eigenvalue weighted by Crippen LogP contribution is 2.17. The second kappa shape index (κ2) is 8.00. The third kappa shape index (κ3) is 3.85. The summed E-state index contributed by atoms with van der Waals surface area (Å²) in [5, 5.41) is 15.9. The number of amides is 1. The van der Waals surface area contributed by atoms with Crippen molar-refractivity contribution in [2.45, 2.75) is 61.1 Å². The highest BCUT2D eigenvalue weighted by atomic mass is 16.5. The second-order valence-corrected chi connectivity index (χ2v) is 7.12. The van der Waals surface area contributed by atoms with E-state index in [9.17, 15) is 4.79 Å². The van der Waals surface area contributed by atoms with Gasteiger partial charge >= 0.3 is 0 Å². The van der Waals surface area contributed by atoms with Crippen LogP contribution in [0.3, 0.4) is 0 Å². The van der Waals surface area contributed by atoms with Gasteiger partial charge in [-0.3, -0.25) is 14.2 Å². The fraction of sp³-hybridized carbons (Fsp3) is 0.500. The molecule has 0 bridgehead atoms. The number of hydrogen-bond donors (Lipinski definition) is 1. The Kier molecular flexibility index (Phi) is 5.67. The van der Waals surface area contributed by atoms with Gasteiger partial charge in [-0.2, -0.15) is 10.2 Å². The fourth-order valence-corrected chi connectivity index (χ4v) is 3.53. The minimum absolute atomic E-state index is 0.230. The lowest BCUT2D eigenvalue weighted by Crippen LogP contribution is -2.27. The smallest absolute Gasteiger partial charge is 0.273 e. The Morgan fingerprint density at radius 1 is 1.11 bits per heavy atom. The van der Waals surface area contributed by atoms with E-state index in [4.69, 9.17) is 4.52 Å². The van der Waals surface area contributed by atoms with Gasteiger partial charge in [-0.1, -0.05) is 5.16 Å². The molecule has 0 saturated carbocycles. The maximum Gasteiger partial charge on any atom is 0.273 e. The Morgan fingerprint density at radius 3 is 2.46 bits per heavy atom. The Morgan fingerprint density at radius 2 is 1.86 bits per heavy atom. The van der Waals surface area contributed by atoms with Gasteiger partial charge in [0.1, 0.15) is 5.76 Å². The van der Waals surface area contributed by atoms with E-state index in [0.717, 1.165) is 41.3 Å². The van der Waals surface area contributed by atoms with Crippen LogP contribution in [0.4, 0.5) is 0 Å². The molecule has 1 N–H and O–H groups in total. The molecule has 0 unspecified atom stereocenters. The summed E-state index contributed by atoms with van der Waals surface area (Å²) in [6.45, 7) is 13.7. The lowest BCUT2D eigenvalue weighted by molar-refractivity contribution is 0.0944. The number of nitrogens with one attached hydrogen (secondary N) is 1. The van der Waals surface area contributed by atoms with Crippen LogP contribution < -0.4 is 5.32 Å². The van der Waals surface area contributed by atoms with Crippen LogP contribution in [0.1, 0.15) is 57.1 Å². The summed E-state index contributed by atoms with van der Waals surface area (Å²) in [6.07, 6.45) is 0.729. The zero-order valence-corrected chi connectivity index (χ0v) is 17.5. The molecule has 28 heavy (non-hydrogen) atoms. The molecule has 3 heterocycles. The zero-order valence-electron chi connectivity index (χ0n) is 17.5. The van der Waals surface area contributed by atoms with Crippen molar-refractivity contribution in [3.8, 4) is 0 Å². The van der Waals surface area contributed by atoms with Gasteiger partial charge in [0.05, 0.1) is 17.9 Å². The van der Waals surface area contributed by atoms with E-state index in [1.54, 1.807) is 0 Å². The van der Waals surface area contributed by atoms with Crippen LogP contribution in [0.2, 0.25) is 0 Å². The molecule has 0 aromatic carbocycles. The highest BCUT2D eigenvalue weighted by Gasteiger charge is 2.21. The van der Waals surface area contributed by atoms with Crippen LogP contribution in [-0.2, 0) is 19.5 Å². The summed E-state index contributed by atoms with van der Waals surface area (Å²) in [6, 6.07) is 2.00. The van der Waals surface area contributed by atoms with Crippen LogP contribution in [0.25, 0.3) is 0 Å². The van der Waals surface area contributed by atoms with Crippen molar-refractivity contribution in [2.75, 3.05) is 6.54 Å². The maximum absolute atomic E-state index is 12.7. The molecule has 0 radical (unpaired) electrons. The Labute approximate surface area is 164 Å². The van der Waals surface area contributed by atoms with Crippen LogP contribution in [0, 0.1) is 34.6 Å². The Bertz CT molecular complexity index is 995. The molecule has 0 spiro atoms. The molecule has 0 atom stereocenters. The maximum atomic E-state index is 12.7. The van der Waals surface area contributed by atoms with Crippen LogP contribution >= 0.6 is 0 Å². The number of rotatable bonds is 7. The summed E-state index contributed by atoms with van der Waals surface area (Å²) in [7, 11) is 0. The van der Waals surface area contributed by atoms with Gasteiger partial charge in [-0.15, -0.1) is 0 Å². The average Bonchev–Trinajstić information content (AvgIpc) is 3.26. The zero-order chi connectivity index (χ0) is 20.4. The summed E-state index contributed by atoms with van der Waals surface area (Å²) in [5.74, 6) is 0.403. The van der Waals surface area contributed by atoms with Crippen molar-refractivity contribution in [1.29, 1.82) is 0 Å². The number of carbonyl (C=O) groups is 1. The third-order valence-corrected chi connectivity index (χ3v) is 5.10. The first kappa shape index (κ1) is 19.9. The number of aryl methyl sites for hydroxylation is 5. The number of aromatic nitrogens is 5. The molecule has 0 aliphatic rings. The first-order chi connectivity index (χ1) is 13.3. The lowest BCUT2D eigenvalue weighted by Gasteiger charge is -2.07. The largest absolute Gasteiger partial charge is 0.361 e. The first-order valence-corrected chi connectivity index (χ1v) is 9.59. The van der Waals surface area contributed by atoms with Gasteiger partial charge in [0.2, 0.25) is 0 Å². The van der Waals surface area contributed by atoms with Crippen LogP contribution in [0.15, 0.2) is 10.6 Å². The minimum atomic E-state index is -0.230. The van der Waals surface area contributed by atoms with Crippen molar-refractivity contribution in [2.24, 2.45) is 0 Å². The molecule has 8 heteroatoms. The predicted octanol–water partition coefficient (Wildman–Crippen LogP) is 2.65. The Hall–Kier alpha value is -2.90. The van der Waals surface area contributed by atoms with E-state index in [2.05, 4.69) is 34.5 Å². The van der Waals surface area contributed by atoms with Crippen LogP contribution in [0.5, 0.6) is 0 Å². The molecule has 0 fully saturated rings. The molecule has 0 aliphatic heterocycles. The lowest BCUT2D eigenvalue weighted by atomic mass is 10.1. The van der Waals surface area contributed by atoms with Gasteiger partial charge in [-0.25, -0.2) is 0 Å². The number of carbonyl (C=O) groups excluding carboxylic acids is 1. The third-order valence-electron chi connectivity index (χ3n) is 5.10. The van der Waals surface area contributed by atoms with Gasteiger partial charge in [0.15, 0.2) is 5.69 Å².